The fourth-order valence-electron chi connectivity index (χ4n) is 3.60. The highest BCUT2D eigenvalue weighted by atomic mass is 19.1. The first-order valence-electron chi connectivity index (χ1n) is 9.98. The van der Waals surface area contributed by atoms with Crippen LogP contribution in [0, 0.1) is 5.82 Å². The van der Waals surface area contributed by atoms with Crippen LogP contribution in [0.3, 0.4) is 0 Å². The third-order valence-corrected chi connectivity index (χ3v) is 5.12. The van der Waals surface area contributed by atoms with Crippen molar-refractivity contribution in [3.05, 3.63) is 76.9 Å². The van der Waals surface area contributed by atoms with Crippen LogP contribution in [0.15, 0.2) is 48.5 Å². The number of benzene rings is 2. The van der Waals surface area contributed by atoms with Gasteiger partial charge in [0.25, 0.3) is 5.91 Å². The Morgan fingerprint density at radius 2 is 1.75 bits per heavy atom. The van der Waals surface area contributed by atoms with E-state index in [1.54, 1.807) is 28.9 Å². The van der Waals surface area contributed by atoms with Gasteiger partial charge in [0.1, 0.15) is 5.82 Å². The van der Waals surface area contributed by atoms with E-state index in [-0.39, 0.29) is 11.5 Å². The standard InChI is InChI=1S/C23H20FN3O5/c1-31-22(29)14-5-9-16(10-6-14)25-20(28)13-32-23(30)21-18-3-2-4-19(18)27(26-21)17-11-7-15(24)8-12-17/h5-12H,2-4,13H2,1H3,(H,25,28). The number of amides is 1. The Bertz CT molecular complexity index is 1170. The topological polar surface area (TPSA) is 99.5 Å². The Morgan fingerprint density at radius 1 is 1.03 bits per heavy atom. The van der Waals surface area contributed by atoms with Crippen molar-refractivity contribution in [1.29, 1.82) is 0 Å². The molecule has 9 heteroatoms. The minimum Gasteiger partial charge on any atom is -0.465 e. The lowest BCUT2D eigenvalue weighted by Gasteiger charge is -2.07. The third-order valence-electron chi connectivity index (χ3n) is 5.12. The van der Waals surface area contributed by atoms with Crippen molar-refractivity contribution in [2.24, 2.45) is 0 Å². The highest BCUT2D eigenvalue weighted by Gasteiger charge is 2.28. The van der Waals surface area contributed by atoms with Crippen molar-refractivity contribution >= 4 is 23.5 Å². The summed E-state index contributed by atoms with van der Waals surface area (Å²) in [4.78, 5) is 36.3. The molecular formula is C23H20FN3O5. The molecule has 32 heavy (non-hydrogen) atoms. The Hall–Kier alpha value is -4.01. The molecule has 0 saturated heterocycles. The van der Waals surface area contributed by atoms with E-state index in [0.29, 0.717) is 23.4 Å². The summed E-state index contributed by atoms with van der Waals surface area (Å²) in [6.45, 7) is -0.490. The van der Waals surface area contributed by atoms with Gasteiger partial charge in [-0.15, -0.1) is 0 Å². The minimum atomic E-state index is -0.694. The number of fused-ring (bicyclic) bond motifs is 1. The first kappa shape index (κ1) is 21.2. The van der Waals surface area contributed by atoms with Crippen molar-refractivity contribution in [3.63, 3.8) is 0 Å². The maximum absolute atomic E-state index is 13.3. The summed E-state index contributed by atoms with van der Waals surface area (Å²) < 4.78 is 24.7. The van der Waals surface area contributed by atoms with Crippen LogP contribution in [0.1, 0.15) is 38.5 Å². The van der Waals surface area contributed by atoms with Gasteiger partial charge in [-0.25, -0.2) is 18.7 Å². The fourth-order valence-corrected chi connectivity index (χ4v) is 3.60. The summed E-state index contributed by atoms with van der Waals surface area (Å²) in [5.74, 6) is -2.06. The van der Waals surface area contributed by atoms with Gasteiger partial charge in [0.2, 0.25) is 0 Å². The van der Waals surface area contributed by atoms with Gasteiger partial charge < -0.3 is 14.8 Å². The van der Waals surface area contributed by atoms with Crippen LogP contribution in [0.4, 0.5) is 10.1 Å². The summed E-state index contributed by atoms with van der Waals surface area (Å²) in [5.41, 5.74) is 3.29. The second kappa shape index (κ2) is 9.01. The second-order valence-corrected chi connectivity index (χ2v) is 7.21. The smallest absolute Gasteiger partial charge is 0.359 e. The zero-order valence-electron chi connectivity index (χ0n) is 17.3. The number of nitrogens with one attached hydrogen (secondary N) is 1. The van der Waals surface area contributed by atoms with E-state index in [1.165, 1.54) is 31.4 Å². The van der Waals surface area contributed by atoms with Gasteiger partial charge in [-0.05, 0) is 67.8 Å². The van der Waals surface area contributed by atoms with E-state index < -0.39 is 24.5 Å². The number of ether oxygens (including phenoxy) is 2. The summed E-state index contributed by atoms with van der Waals surface area (Å²) in [6, 6.07) is 12.0. The molecule has 4 rings (SSSR count). The zero-order valence-corrected chi connectivity index (χ0v) is 17.3. The van der Waals surface area contributed by atoms with Crippen molar-refractivity contribution in [3.8, 4) is 5.69 Å². The van der Waals surface area contributed by atoms with E-state index >= 15 is 0 Å². The van der Waals surface area contributed by atoms with E-state index in [1.807, 2.05) is 0 Å². The van der Waals surface area contributed by atoms with Crippen LogP contribution in [0.25, 0.3) is 5.69 Å². The SMILES string of the molecule is COC(=O)c1ccc(NC(=O)COC(=O)c2nn(-c3ccc(F)cc3)c3c2CCC3)cc1. The number of hydrogen-bond acceptors (Lipinski definition) is 6. The lowest BCUT2D eigenvalue weighted by molar-refractivity contribution is -0.119. The molecule has 1 heterocycles. The maximum Gasteiger partial charge on any atom is 0.359 e. The number of anilines is 1. The molecule has 0 fully saturated rings. The largest absolute Gasteiger partial charge is 0.465 e. The molecule has 0 bridgehead atoms. The Kier molecular flexibility index (Phi) is 5.98. The number of nitrogens with zero attached hydrogens (tertiary/aromatic N) is 2. The van der Waals surface area contributed by atoms with Gasteiger partial charge >= 0.3 is 11.9 Å². The molecule has 1 aliphatic carbocycles. The predicted octanol–water partition coefficient (Wildman–Crippen LogP) is 3.08. The predicted molar refractivity (Wildman–Crippen MR) is 112 cm³/mol. The van der Waals surface area contributed by atoms with Crippen LogP contribution in [0.5, 0.6) is 0 Å². The average molecular weight is 437 g/mol. The number of carbonyl (C=O) groups excluding carboxylic acids is 3. The molecule has 1 amide bonds. The quantitative estimate of drug-likeness (QED) is 0.595. The molecule has 0 atom stereocenters. The summed E-state index contributed by atoms with van der Waals surface area (Å²) in [6.07, 6.45) is 2.30. The molecule has 1 N–H and O–H groups in total. The molecule has 1 aliphatic rings. The number of aromatic nitrogens is 2. The van der Waals surface area contributed by atoms with E-state index in [9.17, 15) is 18.8 Å². The molecule has 0 saturated carbocycles. The van der Waals surface area contributed by atoms with E-state index in [0.717, 1.165) is 24.1 Å². The number of carbonyl (C=O) groups is 3. The normalized spacial score (nSPS) is 12.2. The first-order valence-corrected chi connectivity index (χ1v) is 9.98. The fraction of sp³-hybridized carbons (Fsp3) is 0.217. The van der Waals surface area contributed by atoms with Crippen LogP contribution in [0.2, 0.25) is 0 Å². The average Bonchev–Trinajstić information content (AvgIpc) is 3.41. The molecule has 3 aromatic rings. The lowest BCUT2D eigenvalue weighted by atomic mass is 10.2. The Balaban J connectivity index is 1.41. The summed E-state index contributed by atoms with van der Waals surface area (Å²) >= 11 is 0. The van der Waals surface area contributed by atoms with E-state index in [4.69, 9.17) is 4.74 Å². The molecule has 8 nitrogen and oxygen atoms in total. The lowest BCUT2D eigenvalue weighted by Crippen LogP contribution is -2.21. The maximum atomic E-state index is 13.3. The van der Waals surface area contributed by atoms with Gasteiger partial charge in [-0.1, -0.05) is 0 Å². The van der Waals surface area contributed by atoms with Gasteiger partial charge in [-0.2, -0.15) is 5.10 Å². The summed E-state index contributed by atoms with van der Waals surface area (Å²) in [5, 5.41) is 6.96. The second-order valence-electron chi connectivity index (χ2n) is 7.21. The van der Waals surface area contributed by atoms with Gasteiger partial charge in [0.15, 0.2) is 12.3 Å². The highest BCUT2D eigenvalue weighted by Crippen LogP contribution is 2.28. The van der Waals surface area contributed by atoms with Crippen LogP contribution in [-0.2, 0) is 27.1 Å². The van der Waals surface area contributed by atoms with Crippen molar-refractivity contribution < 1.29 is 28.2 Å². The van der Waals surface area contributed by atoms with Gasteiger partial charge in [0.05, 0.1) is 18.4 Å². The monoisotopic (exact) mass is 437 g/mol. The van der Waals surface area contributed by atoms with Crippen molar-refractivity contribution in [1.82, 2.24) is 9.78 Å². The van der Waals surface area contributed by atoms with Crippen LogP contribution in [-0.4, -0.2) is 41.3 Å². The molecule has 164 valence electrons. The summed E-state index contributed by atoms with van der Waals surface area (Å²) in [7, 11) is 1.28. The molecule has 0 aliphatic heterocycles. The Morgan fingerprint density at radius 3 is 2.44 bits per heavy atom. The van der Waals surface area contributed by atoms with Crippen LogP contribution >= 0.6 is 0 Å². The van der Waals surface area contributed by atoms with E-state index in [2.05, 4.69) is 15.2 Å². The Labute approximate surface area is 182 Å². The highest BCUT2D eigenvalue weighted by molar-refractivity contribution is 5.96. The van der Waals surface area contributed by atoms with Gasteiger partial charge in [0, 0.05) is 16.9 Å². The molecule has 1 aromatic heterocycles. The number of rotatable bonds is 6. The zero-order chi connectivity index (χ0) is 22.7. The van der Waals surface area contributed by atoms with Crippen LogP contribution < -0.4 is 5.32 Å². The number of methoxy groups -OCH3 is 1. The number of hydrogen-bond donors (Lipinski definition) is 1. The van der Waals surface area contributed by atoms with Gasteiger partial charge in [-0.3, -0.25) is 4.79 Å². The first-order chi connectivity index (χ1) is 15.5. The molecule has 0 spiro atoms. The van der Waals surface area contributed by atoms with Crippen molar-refractivity contribution in [2.75, 3.05) is 19.0 Å². The molecule has 2 aromatic carbocycles. The number of halogens is 1. The molecule has 0 radical (unpaired) electrons. The third kappa shape index (κ3) is 4.36. The molecular weight excluding hydrogens is 417 g/mol. The number of esters is 2. The van der Waals surface area contributed by atoms with Crippen molar-refractivity contribution in [2.45, 2.75) is 19.3 Å². The molecule has 0 unspecified atom stereocenters. The minimum absolute atomic E-state index is 0.164.